The average Bonchev–Trinajstić information content (AvgIpc) is 2.53. The average molecular weight is 276 g/mol. The maximum absolute atomic E-state index is 11.7. The van der Waals surface area contributed by atoms with Crippen LogP contribution in [0.25, 0.3) is 0 Å². The van der Waals surface area contributed by atoms with Crippen molar-refractivity contribution in [3.05, 3.63) is 5.69 Å². The van der Waals surface area contributed by atoms with Crippen molar-refractivity contribution in [1.82, 2.24) is 9.78 Å². The van der Waals surface area contributed by atoms with Crippen molar-refractivity contribution >= 4 is 27.5 Å². The molecular weight excluding hydrogens is 260 g/mol. The third kappa shape index (κ3) is 3.36. The zero-order chi connectivity index (χ0) is 13.9. The molecule has 0 radical (unpaired) electrons. The van der Waals surface area contributed by atoms with Gasteiger partial charge in [-0.25, -0.2) is 13.1 Å². The molecule has 0 amide bonds. The van der Waals surface area contributed by atoms with Crippen molar-refractivity contribution in [2.75, 3.05) is 23.3 Å². The van der Waals surface area contributed by atoms with Crippen LogP contribution in [0.1, 0.15) is 12.1 Å². The predicted molar refractivity (Wildman–Crippen MR) is 66.4 cm³/mol. The highest BCUT2D eigenvalue weighted by Gasteiger charge is 2.18. The van der Waals surface area contributed by atoms with E-state index < -0.39 is 16.0 Å². The van der Waals surface area contributed by atoms with Gasteiger partial charge in [0.25, 0.3) is 0 Å². The van der Waals surface area contributed by atoms with Crippen LogP contribution in [0.4, 0.5) is 11.5 Å². The number of aryl methyl sites for hydroxylation is 2. The van der Waals surface area contributed by atoms with E-state index >= 15 is 0 Å². The summed E-state index contributed by atoms with van der Waals surface area (Å²) < 4.78 is 31.4. The summed E-state index contributed by atoms with van der Waals surface area (Å²) in [4.78, 5) is 10.9. The molecule has 102 valence electrons. The van der Waals surface area contributed by atoms with E-state index in [1.165, 1.54) is 11.8 Å². The summed E-state index contributed by atoms with van der Waals surface area (Å²) in [5, 5.41) is 3.98. The van der Waals surface area contributed by atoms with E-state index in [-0.39, 0.29) is 23.7 Å². The molecule has 9 heteroatoms. The Labute approximate surface area is 105 Å². The Morgan fingerprint density at radius 2 is 2.17 bits per heavy atom. The number of hydrogen-bond acceptors (Lipinski definition) is 6. The monoisotopic (exact) mass is 276 g/mol. The molecule has 1 aromatic heterocycles. The van der Waals surface area contributed by atoms with Crippen molar-refractivity contribution in [3.8, 4) is 0 Å². The van der Waals surface area contributed by atoms with Crippen molar-refractivity contribution in [2.45, 2.75) is 13.3 Å². The highest BCUT2D eigenvalue weighted by atomic mass is 32.2. The van der Waals surface area contributed by atoms with Crippen LogP contribution in [0.5, 0.6) is 0 Å². The third-order valence-electron chi connectivity index (χ3n) is 2.32. The summed E-state index contributed by atoms with van der Waals surface area (Å²) in [6.07, 6.45) is -0.220. The number of nitrogens with zero attached hydrogens (tertiary/aromatic N) is 2. The lowest BCUT2D eigenvalue weighted by Gasteiger charge is -2.08. The first-order valence-corrected chi connectivity index (χ1v) is 6.78. The van der Waals surface area contributed by atoms with Crippen molar-refractivity contribution < 1.29 is 17.9 Å². The predicted octanol–water partition coefficient (Wildman–Crippen LogP) is -0.384. The minimum absolute atomic E-state index is 0.192. The first-order chi connectivity index (χ1) is 8.26. The number of nitrogen functional groups attached to an aromatic ring is 1. The quantitative estimate of drug-likeness (QED) is 0.708. The number of anilines is 2. The Morgan fingerprint density at radius 3 is 2.61 bits per heavy atom. The van der Waals surface area contributed by atoms with Gasteiger partial charge in [-0.05, 0) is 6.92 Å². The Kier molecular flexibility index (Phi) is 4.17. The van der Waals surface area contributed by atoms with E-state index in [2.05, 4.69) is 14.6 Å². The number of nitrogens with two attached hydrogens (primary N) is 1. The molecule has 0 bridgehead atoms. The molecule has 0 aliphatic heterocycles. The molecule has 3 N–H and O–H groups in total. The zero-order valence-electron chi connectivity index (χ0n) is 10.4. The van der Waals surface area contributed by atoms with Crippen LogP contribution in [0, 0.1) is 6.92 Å². The number of carbonyl (C=O) groups is 1. The molecule has 0 atom stereocenters. The Hall–Kier alpha value is -1.77. The second-order valence-electron chi connectivity index (χ2n) is 3.72. The standard InChI is InChI=1S/C9H16N4O4S/c1-6-8(10)9(13(2)11-6)12-18(15,16)5-4-7(14)17-3/h12H,4-5,10H2,1-3H3. The molecule has 0 spiro atoms. The van der Waals surface area contributed by atoms with Crippen LogP contribution in [-0.4, -0.2) is 37.0 Å². The van der Waals surface area contributed by atoms with Crippen LogP contribution in [-0.2, 0) is 26.6 Å². The molecule has 0 unspecified atom stereocenters. The fourth-order valence-electron chi connectivity index (χ4n) is 1.31. The van der Waals surface area contributed by atoms with Crippen LogP contribution in [0.2, 0.25) is 0 Å². The topological polar surface area (TPSA) is 116 Å². The van der Waals surface area contributed by atoms with Crippen LogP contribution < -0.4 is 10.5 Å². The number of ether oxygens (including phenoxy) is 1. The molecule has 1 aromatic rings. The highest BCUT2D eigenvalue weighted by Crippen LogP contribution is 2.22. The molecule has 0 saturated carbocycles. The number of carbonyl (C=O) groups excluding carboxylic acids is 1. The van der Waals surface area contributed by atoms with Gasteiger partial charge in [0.1, 0.15) is 0 Å². The normalized spacial score (nSPS) is 11.3. The summed E-state index contributed by atoms with van der Waals surface area (Å²) in [7, 11) is -0.893. The number of methoxy groups -OCH3 is 1. The lowest BCUT2D eigenvalue weighted by Crippen LogP contribution is -2.21. The summed E-state index contributed by atoms with van der Waals surface area (Å²) >= 11 is 0. The summed E-state index contributed by atoms with van der Waals surface area (Å²) in [5.41, 5.74) is 6.48. The number of sulfonamides is 1. The lowest BCUT2D eigenvalue weighted by molar-refractivity contribution is -0.140. The Morgan fingerprint density at radius 1 is 1.56 bits per heavy atom. The van der Waals surface area contributed by atoms with E-state index in [0.717, 1.165) is 0 Å². The summed E-state index contributed by atoms with van der Waals surface area (Å²) in [6, 6.07) is 0. The van der Waals surface area contributed by atoms with Gasteiger partial charge >= 0.3 is 5.97 Å². The first-order valence-electron chi connectivity index (χ1n) is 5.13. The van der Waals surface area contributed by atoms with Gasteiger partial charge in [0.2, 0.25) is 10.0 Å². The van der Waals surface area contributed by atoms with Crippen LogP contribution >= 0.6 is 0 Å². The maximum Gasteiger partial charge on any atom is 0.306 e. The van der Waals surface area contributed by atoms with Gasteiger partial charge in [-0.2, -0.15) is 5.10 Å². The molecule has 0 aliphatic carbocycles. The van der Waals surface area contributed by atoms with E-state index in [9.17, 15) is 13.2 Å². The van der Waals surface area contributed by atoms with Gasteiger partial charge in [0.05, 0.1) is 30.7 Å². The molecule has 1 rings (SSSR count). The maximum atomic E-state index is 11.7. The molecule has 0 fully saturated rings. The molecule has 0 aromatic carbocycles. The second kappa shape index (κ2) is 5.25. The number of nitrogens with one attached hydrogen (secondary N) is 1. The molecule has 1 heterocycles. The zero-order valence-corrected chi connectivity index (χ0v) is 11.2. The first kappa shape index (κ1) is 14.3. The minimum atomic E-state index is -3.66. The lowest BCUT2D eigenvalue weighted by atomic mass is 10.4. The number of hydrogen-bond donors (Lipinski definition) is 2. The summed E-state index contributed by atoms with van der Waals surface area (Å²) in [5.74, 6) is -0.768. The largest absolute Gasteiger partial charge is 0.469 e. The van der Waals surface area contributed by atoms with Crippen LogP contribution in [0.15, 0.2) is 0 Å². The number of aromatic nitrogens is 2. The summed E-state index contributed by atoms with van der Waals surface area (Å²) in [6.45, 7) is 1.67. The Balaban J connectivity index is 2.80. The molecule has 0 saturated heterocycles. The van der Waals surface area contributed by atoms with E-state index in [4.69, 9.17) is 5.73 Å². The van der Waals surface area contributed by atoms with E-state index in [0.29, 0.717) is 5.69 Å². The fraction of sp³-hybridized carbons (Fsp3) is 0.556. The van der Waals surface area contributed by atoms with Gasteiger partial charge in [-0.1, -0.05) is 0 Å². The SMILES string of the molecule is COC(=O)CCS(=O)(=O)Nc1c(N)c(C)nn1C. The van der Waals surface area contributed by atoms with E-state index in [1.54, 1.807) is 14.0 Å². The number of esters is 1. The molecule has 0 aliphatic rings. The van der Waals surface area contributed by atoms with Crippen LogP contribution in [0.3, 0.4) is 0 Å². The van der Waals surface area contributed by atoms with Gasteiger partial charge in [0, 0.05) is 7.05 Å². The van der Waals surface area contributed by atoms with Gasteiger partial charge in [0.15, 0.2) is 5.82 Å². The fourth-order valence-corrected chi connectivity index (χ4v) is 2.39. The van der Waals surface area contributed by atoms with Gasteiger partial charge in [-0.3, -0.25) is 9.52 Å². The second-order valence-corrected chi connectivity index (χ2v) is 5.56. The van der Waals surface area contributed by atoms with Crippen molar-refractivity contribution in [1.29, 1.82) is 0 Å². The molecular formula is C9H16N4O4S. The van der Waals surface area contributed by atoms with Crippen molar-refractivity contribution in [2.24, 2.45) is 7.05 Å². The smallest absolute Gasteiger partial charge is 0.306 e. The highest BCUT2D eigenvalue weighted by molar-refractivity contribution is 7.92. The number of rotatable bonds is 5. The van der Waals surface area contributed by atoms with Gasteiger partial charge in [-0.15, -0.1) is 0 Å². The Bertz CT molecular complexity index is 549. The molecule has 18 heavy (non-hydrogen) atoms. The van der Waals surface area contributed by atoms with Crippen molar-refractivity contribution in [3.63, 3.8) is 0 Å². The third-order valence-corrected chi connectivity index (χ3v) is 3.57. The minimum Gasteiger partial charge on any atom is -0.469 e. The van der Waals surface area contributed by atoms with Gasteiger partial charge < -0.3 is 10.5 Å². The molecule has 8 nitrogen and oxygen atoms in total. The van der Waals surface area contributed by atoms with E-state index in [1.807, 2.05) is 0 Å².